The van der Waals surface area contributed by atoms with Crippen molar-refractivity contribution in [1.82, 2.24) is 10.3 Å². The molecule has 0 spiro atoms. The Hall–Kier alpha value is -1.63. The van der Waals surface area contributed by atoms with Gasteiger partial charge >= 0.3 is 0 Å². The maximum Gasteiger partial charge on any atom is 0.270 e. The van der Waals surface area contributed by atoms with Crippen LogP contribution in [0, 0.1) is 0 Å². The number of nitrogens with zero attached hydrogens (tertiary/aromatic N) is 1. The Morgan fingerprint density at radius 2 is 2.10 bits per heavy atom. The van der Waals surface area contributed by atoms with Crippen molar-refractivity contribution < 1.29 is 9.53 Å². The van der Waals surface area contributed by atoms with E-state index in [1.807, 2.05) is 30.3 Å². The van der Waals surface area contributed by atoms with Gasteiger partial charge in [-0.25, -0.2) is 4.98 Å². The number of carbonyl (C=O) groups is 1. The first-order valence-corrected chi connectivity index (χ1v) is 7.28. The van der Waals surface area contributed by atoms with Crippen LogP contribution in [0.5, 0.6) is 5.75 Å². The van der Waals surface area contributed by atoms with Gasteiger partial charge < -0.3 is 15.8 Å². The van der Waals surface area contributed by atoms with E-state index in [0.717, 1.165) is 10.8 Å². The van der Waals surface area contributed by atoms with Gasteiger partial charge in [0.1, 0.15) is 18.1 Å². The van der Waals surface area contributed by atoms with Crippen molar-refractivity contribution in [3.05, 3.63) is 46.4 Å². The molecule has 2 rings (SSSR count). The van der Waals surface area contributed by atoms with Crippen LogP contribution < -0.4 is 15.8 Å². The molecule has 1 aromatic heterocycles. The van der Waals surface area contributed by atoms with Crippen LogP contribution in [0.2, 0.25) is 0 Å². The molecule has 0 aliphatic rings. The van der Waals surface area contributed by atoms with Gasteiger partial charge in [0.05, 0.1) is 11.6 Å². The molecule has 1 aromatic carbocycles. The van der Waals surface area contributed by atoms with Crippen molar-refractivity contribution in [2.75, 3.05) is 19.7 Å². The number of nitrogens with one attached hydrogen (secondary N) is 1. The molecule has 0 aliphatic carbocycles. The standard InChI is InChI=1S/C14H17N3O2S.ClH/c15-7-6-13-17-12(10-20-13)14(18)16-8-9-19-11-4-2-1-3-5-11;/h1-5,10H,6-9,15H2,(H,16,18);1H. The van der Waals surface area contributed by atoms with Gasteiger partial charge in [-0.1, -0.05) is 18.2 Å². The predicted molar refractivity (Wildman–Crippen MR) is 86.4 cm³/mol. The van der Waals surface area contributed by atoms with E-state index in [1.54, 1.807) is 5.38 Å². The summed E-state index contributed by atoms with van der Waals surface area (Å²) in [5.74, 6) is 0.613. The number of thiazole rings is 1. The summed E-state index contributed by atoms with van der Waals surface area (Å²) >= 11 is 1.46. The van der Waals surface area contributed by atoms with Crippen molar-refractivity contribution in [1.29, 1.82) is 0 Å². The molecule has 1 amide bonds. The van der Waals surface area contributed by atoms with Gasteiger partial charge in [-0.15, -0.1) is 23.7 Å². The molecule has 7 heteroatoms. The third kappa shape index (κ3) is 5.71. The fourth-order valence-corrected chi connectivity index (χ4v) is 2.39. The lowest BCUT2D eigenvalue weighted by Crippen LogP contribution is -2.28. The highest BCUT2D eigenvalue weighted by Gasteiger charge is 2.09. The summed E-state index contributed by atoms with van der Waals surface area (Å²) in [6.07, 6.45) is 0.703. The van der Waals surface area contributed by atoms with Crippen molar-refractivity contribution in [2.24, 2.45) is 5.73 Å². The SMILES string of the molecule is Cl.NCCc1nc(C(=O)NCCOc2ccccc2)cs1. The van der Waals surface area contributed by atoms with E-state index in [-0.39, 0.29) is 18.3 Å². The first-order chi connectivity index (χ1) is 9.79. The Labute approximate surface area is 133 Å². The minimum Gasteiger partial charge on any atom is -0.492 e. The summed E-state index contributed by atoms with van der Waals surface area (Å²) in [7, 11) is 0. The van der Waals surface area contributed by atoms with Crippen LogP contribution in [0.4, 0.5) is 0 Å². The van der Waals surface area contributed by atoms with Gasteiger partial charge in [-0.2, -0.15) is 0 Å². The summed E-state index contributed by atoms with van der Waals surface area (Å²) < 4.78 is 5.49. The van der Waals surface area contributed by atoms with Crippen LogP contribution in [-0.2, 0) is 6.42 Å². The molecule has 3 N–H and O–H groups in total. The number of hydrogen-bond acceptors (Lipinski definition) is 5. The normalized spacial score (nSPS) is 9.76. The van der Waals surface area contributed by atoms with E-state index in [4.69, 9.17) is 10.5 Å². The number of halogens is 1. The third-order valence-corrected chi connectivity index (χ3v) is 3.45. The quantitative estimate of drug-likeness (QED) is 0.761. The monoisotopic (exact) mass is 327 g/mol. The highest BCUT2D eigenvalue weighted by molar-refractivity contribution is 7.09. The lowest BCUT2D eigenvalue weighted by atomic mass is 10.3. The van der Waals surface area contributed by atoms with Crippen molar-refractivity contribution in [2.45, 2.75) is 6.42 Å². The minimum absolute atomic E-state index is 0. The van der Waals surface area contributed by atoms with Gasteiger partial charge in [-0.05, 0) is 18.7 Å². The van der Waals surface area contributed by atoms with Crippen LogP contribution in [0.3, 0.4) is 0 Å². The number of hydrogen-bond donors (Lipinski definition) is 2. The average molecular weight is 328 g/mol. The van der Waals surface area contributed by atoms with Gasteiger partial charge in [0, 0.05) is 11.8 Å². The number of carbonyl (C=O) groups excluding carboxylic acids is 1. The first kappa shape index (κ1) is 17.4. The number of nitrogens with two attached hydrogens (primary N) is 1. The van der Waals surface area contributed by atoms with E-state index in [9.17, 15) is 4.79 Å². The second-order valence-corrected chi connectivity index (χ2v) is 5.03. The molecule has 0 radical (unpaired) electrons. The van der Waals surface area contributed by atoms with Crippen molar-refractivity contribution in [3.63, 3.8) is 0 Å². The topological polar surface area (TPSA) is 77.2 Å². The number of para-hydroxylation sites is 1. The number of amides is 1. The molecule has 5 nitrogen and oxygen atoms in total. The molecule has 0 fully saturated rings. The number of benzene rings is 1. The molecule has 1 heterocycles. The largest absolute Gasteiger partial charge is 0.492 e. The number of aromatic nitrogens is 1. The van der Waals surface area contributed by atoms with Crippen LogP contribution in [0.15, 0.2) is 35.7 Å². The van der Waals surface area contributed by atoms with E-state index in [0.29, 0.717) is 31.8 Å². The molecule has 0 unspecified atom stereocenters. The fourth-order valence-electron chi connectivity index (χ4n) is 1.59. The smallest absolute Gasteiger partial charge is 0.270 e. The fraction of sp³-hybridized carbons (Fsp3) is 0.286. The van der Waals surface area contributed by atoms with Crippen molar-refractivity contribution in [3.8, 4) is 5.75 Å². The van der Waals surface area contributed by atoms with E-state index < -0.39 is 0 Å². The van der Waals surface area contributed by atoms with Crippen molar-refractivity contribution >= 4 is 29.7 Å². The molecule has 114 valence electrons. The molecule has 2 aromatic rings. The van der Waals surface area contributed by atoms with E-state index in [2.05, 4.69) is 10.3 Å². The predicted octanol–water partition coefficient (Wildman–Crippen LogP) is 1.87. The zero-order valence-electron chi connectivity index (χ0n) is 11.5. The zero-order valence-corrected chi connectivity index (χ0v) is 13.1. The maximum absolute atomic E-state index is 11.8. The summed E-state index contributed by atoms with van der Waals surface area (Å²) in [6.45, 7) is 1.41. The molecular formula is C14H18ClN3O2S. The van der Waals surface area contributed by atoms with E-state index >= 15 is 0 Å². The third-order valence-electron chi connectivity index (χ3n) is 2.54. The van der Waals surface area contributed by atoms with Gasteiger partial charge in [0.2, 0.25) is 0 Å². The van der Waals surface area contributed by atoms with Crippen LogP contribution in [-0.4, -0.2) is 30.6 Å². The molecule has 21 heavy (non-hydrogen) atoms. The summed E-state index contributed by atoms with van der Waals surface area (Å²) in [5, 5.41) is 5.41. The van der Waals surface area contributed by atoms with Gasteiger partial charge in [0.25, 0.3) is 5.91 Å². The summed E-state index contributed by atoms with van der Waals surface area (Å²) in [6, 6.07) is 9.49. The second kappa shape index (κ2) is 9.33. The molecule has 0 aliphatic heterocycles. The molecule has 0 saturated heterocycles. The Morgan fingerprint density at radius 3 is 2.81 bits per heavy atom. The second-order valence-electron chi connectivity index (χ2n) is 4.08. The Morgan fingerprint density at radius 1 is 1.33 bits per heavy atom. The van der Waals surface area contributed by atoms with Gasteiger partial charge in [-0.3, -0.25) is 4.79 Å². The average Bonchev–Trinajstić information content (AvgIpc) is 2.94. The zero-order chi connectivity index (χ0) is 14.2. The van der Waals surface area contributed by atoms with E-state index in [1.165, 1.54) is 11.3 Å². The lowest BCUT2D eigenvalue weighted by Gasteiger charge is -2.06. The number of rotatable bonds is 7. The molecule has 0 saturated carbocycles. The number of ether oxygens (including phenoxy) is 1. The Kier molecular flexibility index (Phi) is 7.74. The highest BCUT2D eigenvalue weighted by Crippen LogP contribution is 2.10. The molecular weight excluding hydrogens is 310 g/mol. The van der Waals surface area contributed by atoms with Crippen LogP contribution >= 0.6 is 23.7 Å². The summed E-state index contributed by atoms with van der Waals surface area (Å²) in [4.78, 5) is 16.0. The lowest BCUT2D eigenvalue weighted by molar-refractivity contribution is 0.0942. The molecule has 0 atom stereocenters. The Bertz CT molecular complexity index is 548. The molecule has 0 bridgehead atoms. The first-order valence-electron chi connectivity index (χ1n) is 6.40. The minimum atomic E-state index is -0.179. The van der Waals surface area contributed by atoms with Crippen LogP contribution in [0.1, 0.15) is 15.5 Å². The van der Waals surface area contributed by atoms with Crippen LogP contribution in [0.25, 0.3) is 0 Å². The Balaban J connectivity index is 0.00000220. The maximum atomic E-state index is 11.8. The summed E-state index contributed by atoms with van der Waals surface area (Å²) in [5.41, 5.74) is 5.89. The highest BCUT2D eigenvalue weighted by atomic mass is 35.5. The van der Waals surface area contributed by atoms with Gasteiger partial charge in [0.15, 0.2) is 0 Å².